The van der Waals surface area contributed by atoms with E-state index in [1.54, 1.807) is 0 Å². The molecule has 3 fully saturated rings. The topological polar surface area (TPSA) is 56.0 Å². The molecule has 0 aromatic rings. The minimum absolute atomic E-state index is 0.0457. The van der Waals surface area contributed by atoms with E-state index < -0.39 is 6.23 Å². The van der Waals surface area contributed by atoms with Gasteiger partial charge in [-0.15, -0.1) is 0 Å². The molecule has 3 aliphatic rings. The lowest BCUT2D eigenvalue weighted by Crippen LogP contribution is -2.64. The highest BCUT2D eigenvalue weighted by Crippen LogP contribution is 2.55. The molecule has 104 valence electrons. The molecule has 1 aliphatic heterocycles. The minimum atomic E-state index is -0.466. The number of hydrogen-bond acceptors (Lipinski definition) is 3. The minimum Gasteiger partial charge on any atom is -0.379 e. The molecule has 0 bridgehead atoms. The van der Waals surface area contributed by atoms with Crippen molar-refractivity contribution in [3.63, 3.8) is 0 Å². The van der Waals surface area contributed by atoms with Crippen LogP contribution in [-0.4, -0.2) is 23.6 Å². The summed E-state index contributed by atoms with van der Waals surface area (Å²) < 4.78 is 0. The zero-order valence-electron chi connectivity index (χ0n) is 11.8. The maximum absolute atomic E-state index is 10.7. The molecule has 2 N–H and O–H groups in total. The fraction of sp³-hybridized carbons (Fsp3) is 0.933. The Hall–Kier alpha value is -0.525. The van der Waals surface area contributed by atoms with Gasteiger partial charge in [0.2, 0.25) is 0 Å². The van der Waals surface area contributed by atoms with Gasteiger partial charge in [-0.3, -0.25) is 5.32 Å². The van der Waals surface area contributed by atoms with E-state index in [2.05, 4.69) is 11.3 Å². The average Bonchev–Trinajstić information content (AvgIpc) is 2.79. The summed E-state index contributed by atoms with van der Waals surface area (Å²) in [7, 11) is 0. The summed E-state index contributed by atoms with van der Waals surface area (Å²) in [5, 5.41) is 23.8. The number of rotatable bonds is 0. The van der Waals surface area contributed by atoms with Crippen LogP contribution in [0.4, 0.5) is 0 Å². The van der Waals surface area contributed by atoms with Crippen LogP contribution < -0.4 is 5.32 Å². The van der Waals surface area contributed by atoms with Gasteiger partial charge in [0.05, 0.1) is 0 Å². The van der Waals surface area contributed by atoms with Crippen molar-refractivity contribution in [3.8, 4) is 5.97 Å². The molecule has 0 radical (unpaired) electrons. The van der Waals surface area contributed by atoms with Gasteiger partial charge in [0.1, 0.15) is 6.23 Å². The lowest BCUT2D eigenvalue weighted by Gasteiger charge is -2.50. The number of nitriles is 1. The van der Waals surface area contributed by atoms with Gasteiger partial charge in [0, 0.05) is 16.8 Å². The predicted octanol–water partition coefficient (Wildman–Crippen LogP) is 2.87. The van der Waals surface area contributed by atoms with Crippen LogP contribution in [0.2, 0.25) is 11.6 Å². The van der Waals surface area contributed by atoms with Crippen molar-refractivity contribution in [2.45, 2.75) is 87.6 Å². The van der Waals surface area contributed by atoms with Gasteiger partial charge >= 0.3 is 0 Å². The first kappa shape index (κ1) is 13.5. The second-order valence-corrected chi connectivity index (χ2v) is 7.07. The summed E-state index contributed by atoms with van der Waals surface area (Å²) in [5.74, 6) is 2.56. The molecular weight excluding hydrogens is 235 g/mol. The van der Waals surface area contributed by atoms with E-state index in [4.69, 9.17) is 0 Å². The Kier molecular flexibility index (Phi) is 3.62. The van der Waals surface area contributed by atoms with Gasteiger partial charge in [0.25, 0.3) is 6.71 Å². The normalized spacial score (nSPS) is 33.3. The van der Waals surface area contributed by atoms with Gasteiger partial charge in [-0.2, -0.15) is 0 Å². The number of nitrogens with zero attached hydrogens (tertiary/aromatic N) is 1. The average molecular weight is 260 g/mol. The van der Waals surface area contributed by atoms with Crippen molar-refractivity contribution in [1.29, 1.82) is 5.26 Å². The number of nitrogens with one attached hydrogen (secondary N) is 1. The van der Waals surface area contributed by atoms with Crippen LogP contribution in [0.1, 0.15) is 64.2 Å². The van der Waals surface area contributed by atoms with Crippen LogP contribution in [0.3, 0.4) is 0 Å². The third-order valence-electron chi connectivity index (χ3n) is 6.03. The Morgan fingerprint density at radius 2 is 1.58 bits per heavy atom. The van der Waals surface area contributed by atoms with Crippen molar-refractivity contribution in [1.82, 2.24) is 5.32 Å². The maximum Gasteiger partial charge on any atom is 0.279 e. The van der Waals surface area contributed by atoms with Gasteiger partial charge in [0.15, 0.2) is 0 Å². The summed E-state index contributed by atoms with van der Waals surface area (Å²) in [5.41, 5.74) is 0.0458. The molecule has 2 spiro atoms. The Morgan fingerprint density at radius 1 is 1.00 bits per heavy atom. The SMILES string of the molecule is N#CB1CC2(CCCCCC2)NC(O)C12CCCC2. The Morgan fingerprint density at radius 3 is 2.16 bits per heavy atom. The van der Waals surface area contributed by atoms with E-state index in [0.717, 1.165) is 32.0 Å². The fourth-order valence-electron chi connectivity index (χ4n) is 4.86. The predicted molar refractivity (Wildman–Crippen MR) is 76.9 cm³/mol. The molecule has 1 heterocycles. The van der Waals surface area contributed by atoms with E-state index in [1.807, 2.05) is 0 Å². The van der Waals surface area contributed by atoms with E-state index >= 15 is 0 Å². The first-order chi connectivity index (χ1) is 9.21. The van der Waals surface area contributed by atoms with Crippen LogP contribution in [0.5, 0.6) is 0 Å². The molecular formula is C15H25BN2O. The van der Waals surface area contributed by atoms with Gasteiger partial charge in [-0.1, -0.05) is 38.5 Å². The molecule has 0 amide bonds. The first-order valence-corrected chi connectivity index (χ1v) is 8.06. The van der Waals surface area contributed by atoms with Crippen LogP contribution >= 0.6 is 0 Å². The number of aliphatic hydroxyl groups is 1. The van der Waals surface area contributed by atoms with Crippen molar-refractivity contribution in [2.75, 3.05) is 0 Å². The zero-order chi connectivity index (χ0) is 13.3. The summed E-state index contributed by atoms with van der Waals surface area (Å²) in [6, 6.07) is 0. The second kappa shape index (κ2) is 5.11. The molecule has 2 aliphatic carbocycles. The number of aliphatic hydroxyl groups excluding tert-OH is 1. The second-order valence-electron chi connectivity index (χ2n) is 7.07. The zero-order valence-corrected chi connectivity index (χ0v) is 11.8. The molecule has 4 heteroatoms. The molecule has 19 heavy (non-hydrogen) atoms. The third kappa shape index (κ3) is 2.21. The van der Waals surface area contributed by atoms with Gasteiger partial charge in [-0.05, 0) is 32.0 Å². The van der Waals surface area contributed by atoms with E-state index in [0.29, 0.717) is 0 Å². The fourth-order valence-corrected chi connectivity index (χ4v) is 4.86. The van der Waals surface area contributed by atoms with E-state index in [-0.39, 0.29) is 17.6 Å². The number of hydrogen-bond donors (Lipinski definition) is 2. The highest BCUT2D eigenvalue weighted by atomic mass is 16.3. The van der Waals surface area contributed by atoms with Gasteiger partial charge in [-0.25, -0.2) is 5.26 Å². The molecule has 1 unspecified atom stereocenters. The summed E-state index contributed by atoms with van der Waals surface area (Å²) >= 11 is 0. The standard InChI is InChI=1S/C15H25BN2O/c17-12-16-11-14(7-3-1-2-4-8-14)18-13(19)15(16)9-5-6-10-15/h13,18-19H,1-11H2. The lowest BCUT2D eigenvalue weighted by molar-refractivity contribution is 0.0341. The summed E-state index contributed by atoms with van der Waals surface area (Å²) in [6.45, 7) is 0.0457. The largest absolute Gasteiger partial charge is 0.379 e. The highest BCUT2D eigenvalue weighted by molar-refractivity contribution is 6.70. The molecule has 1 atom stereocenters. The van der Waals surface area contributed by atoms with Crippen molar-refractivity contribution < 1.29 is 5.11 Å². The molecule has 2 saturated carbocycles. The van der Waals surface area contributed by atoms with E-state index in [1.165, 1.54) is 38.5 Å². The monoisotopic (exact) mass is 260 g/mol. The van der Waals surface area contributed by atoms with Crippen LogP contribution in [-0.2, 0) is 0 Å². The molecule has 3 nitrogen and oxygen atoms in total. The van der Waals surface area contributed by atoms with Crippen LogP contribution in [0.25, 0.3) is 0 Å². The Balaban J connectivity index is 1.84. The highest BCUT2D eigenvalue weighted by Gasteiger charge is 2.57. The van der Waals surface area contributed by atoms with Gasteiger partial charge < -0.3 is 5.11 Å². The van der Waals surface area contributed by atoms with Crippen molar-refractivity contribution >= 4 is 6.71 Å². The summed E-state index contributed by atoms with van der Waals surface area (Å²) in [6.07, 6.45) is 12.3. The van der Waals surface area contributed by atoms with Crippen LogP contribution in [0, 0.1) is 11.2 Å². The summed E-state index contributed by atoms with van der Waals surface area (Å²) in [4.78, 5) is 0. The molecule has 0 aromatic carbocycles. The molecule has 1 saturated heterocycles. The Bertz CT molecular complexity index is 365. The molecule has 0 aromatic heterocycles. The first-order valence-electron chi connectivity index (χ1n) is 8.06. The molecule has 3 rings (SSSR count). The quantitative estimate of drug-likeness (QED) is 0.658. The maximum atomic E-state index is 10.7. The lowest BCUT2D eigenvalue weighted by atomic mass is 9.27. The van der Waals surface area contributed by atoms with Crippen molar-refractivity contribution in [2.24, 2.45) is 0 Å². The van der Waals surface area contributed by atoms with Crippen LogP contribution in [0.15, 0.2) is 0 Å². The third-order valence-corrected chi connectivity index (χ3v) is 6.03. The van der Waals surface area contributed by atoms with E-state index in [9.17, 15) is 10.4 Å². The van der Waals surface area contributed by atoms with Crippen molar-refractivity contribution in [3.05, 3.63) is 0 Å². The smallest absolute Gasteiger partial charge is 0.279 e. The Labute approximate surface area is 116 Å².